The molecule has 12 nitrogen and oxygen atoms in total. The van der Waals surface area contributed by atoms with Crippen molar-refractivity contribution in [3.63, 3.8) is 0 Å². The number of anilines is 4. The number of carbonyl (C=O) groups is 1. The van der Waals surface area contributed by atoms with Gasteiger partial charge < -0.3 is 16.0 Å². The van der Waals surface area contributed by atoms with Crippen molar-refractivity contribution in [2.75, 3.05) is 10.6 Å². The van der Waals surface area contributed by atoms with Crippen molar-refractivity contribution in [1.82, 2.24) is 45.2 Å². The van der Waals surface area contributed by atoms with Crippen LogP contribution in [0.4, 0.5) is 31.1 Å². The van der Waals surface area contributed by atoms with Crippen LogP contribution >= 0.6 is 22.7 Å². The lowest BCUT2D eigenvalue weighted by Crippen LogP contribution is -2.34. The average molecular weight is 604 g/mol. The fourth-order valence-electron chi connectivity index (χ4n) is 3.58. The third-order valence-corrected chi connectivity index (χ3v) is 7.06. The number of aromatic nitrogens is 8. The molecule has 0 atom stereocenters. The summed E-state index contributed by atoms with van der Waals surface area (Å²) >= 11 is 2.95. The normalized spacial score (nSPS) is 10.7. The van der Waals surface area contributed by atoms with Crippen LogP contribution < -0.4 is 16.0 Å². The number of aryl methyl sites for hydroxylation is 1. The molecule has 214 valence electrons. The van der Waals surface area contributed by atoms with E-state index in [1.165, 1.54) is 33.4 Å². The second kappa shape index (κ2) is 13.1. The molecule has 6 aromatic rings. The number of hydrogen-bond donors (Lipinski definition) is 4. The summed E-state index contributed by atoms with van der Waals surface area (Å²) in [5, 5.41) is 22.9. The smallest absolute Gasteiger partial charge is 0.334 e. The van der Waals surface area contributed by atoms with Gasteiger partial charge in [-0.15, -0.1) is 22.7 Å². The van der Waals surface area contributed by atoms with Crippen LogP contribution in [-0.4, -0.2) is 52.0 Å². The zero-order chi connectivity index (χ0) is 29.5. The lowest BCUT2D eigenvalue weighted by atomic mass is 10.2. The maximum atomic E-state index is 12.9. The Morgan fingerprint density at radius 3 is 2.57 bits per heavy atom. The standard InChI is InChI=1S/C16H18N6OS.C11H8FN5S/c1-10(2)19-16(23)22-9-12(8-18-22)14-11(3)24-15(21-14)20-13-6-4-5-7-17-13;12-9-2-1-3-10(16-9)17-11-15-8(6-18-11)7-4-13-14-5-7/h4-10H,1-3H3,(H,19,23)(H,17,20,21);1-6H,(H,13,14)(H,15,16,17). The molecule has 4 N–H and O–H groups in total. The minimum Gasteiger partial charge on any atom is -0.334 e. The summed E-state index contributed by atoms with van der Waals surface area (Å²) in [4.78, 5) is 29.9. The molecule has 0 radical (unpaired) electrons. The number of pyridine rings is 2. The van der Waals surface area contributed by atoms with Crippen LogP contribution in [0, 0.1) is 12.9 Å². The largest absolute Gasteiger partial charge is 0.342 e. The molecular weight excluding hydrogens is 578 g/mol. The number of hydrogen-bond acceptors (Lipinski definition) is 11. The van der Waals surface area contributed by atoms with Crippen molar-refractivity contribution in [3.8, 4) is 22.5 Å². The molecule has 0 aliphatic carbocycles. The summed E-state index contributed by atoms with van der Waals surface area (Å²) in [6.07, 6.45) is 8.51. The Bertz CT molecular complexity index is 1750. The first-order valence-electron chi connectivity index (χ1n) is 12.7. The summed E-state index contributed by atoms with van der Waals surface area (Å²) < 4.78 is 14.2. The number of aromatic amines is 1. The predicted octanol–water partition coefficient (Wildman–Crippen LogP) is 6.23. The van der Waals surface area contributed by atoms with Crippen molar-refractivity contribution in [3.05, 3.63) is 83.6 Å². The first-order chi connectivity index (χ1) is 20.3. The van der Waals surface area contributed by atoms with Crippen molar-refractivity contribution in [2.45, 2.75) is 26.8 Å². The quantitative estimate of drug-likeness (QED) is 0.156. The van der Waals surface area contributed by atoms with Crippen molar-refractivity contribution < 1.29 is 9.18 Å². The summed E-state index contributed by atoms with van der Waals surface area (Å²) in [6, 6.07) is 10.0. The van der Waals surface area contributed by atoms with E-state index in [2.05, 4.69) is 51.2 Å². The van der Waals surface area contributed by atoms with Crippen LogP contribution in [0.25, 0.3) is 22.5 Å². The highest BCUT2D eigenvalue weighted by atomic mass is 32.1. The number of amides is 1. The molecule has 0 aromatic carbocycles. The van der Waals surface area contributed by atoms with Crippen LogP contribution in [0.2, 0.25) is 0 Å². The topological polar surface area (TPSA) is 151 Å². The minimum absolute atomic E-state index is 0.0559. The molecule has 0 aliphatic heterocycles. The van der Waals surface area contributed by atoms with Gasteiger partial charge in [-0.3, -0.25) is 5.10 Å². The molecular formula is C27H26FN11OS2. The molecule has 6 rings (SSSR count). The summed E-state index contributed by atoms with van der Waals surface area (Å²) in [6.45, 7) is 5.80. The van der Waals surface area contributed by atoms with Crippen molar-refractivity contribution in [2.24, 2.45) is 0 Å². The van der Waals surface area contributed by atoms with Crippen molar-refractivity contribution >= 4 is 50.6 Å². The Kier molecular flexibility index (Phi) is 8.89. The number of nitrogens with zero attached hydrogens (tertiary/aromatic N) is 7. The summed E-state index contributed by atoms with van der Waals surface area (Å²) in [7, 11) is 0. The number of thiazole rings is 2. The first kappa shape index (κ1) is 28.5. The molecule has 6 aromatic heterocycles. The maximum Gasteiger partial charge on any atom is 0.342 e. The molecule has 15 heteroatoms. The highest BCUT2D eigenvalue weighted by molar-refractivity contribution is 7.16. The number of carbonyl (C=O) groups excluding carboxylic acids is 1. The van der Waals surface area contributed by atoms with E-state index in [9.17, 15) is 9.18 Å². The highest BCUT2D eigenvalue weighted by Crippen LogP contribution is 2.31. The monoisotopic (exact) mass is 603 g/mol. The fraction of sp³-hybridized carbons (Fsp3) is 0.148. The Hall–Kier alpha value is -5.02. The Morgan fingerprint density at radius 2 is 1.83 bits per heavy atom. The zero-order valence-electron chi connectivity index (χ0n) is 22.7. The first-order valence-corrected chi connectivity index (χ1v) is 14.4. The Balaban J connectivity index is 0.000000175. The molecule has 0 spiro atoms. The van der Waals surface area contributed by atoms with Crippen LogP contribution in [-0.2, 0) is 0 Å². The van der Waals surface area contributed by atoms with Gasteiger partial charge in [0, 0.05) is 46.0 Å². The van der Waals surface area contributed by atoms with Gasteiger partial charge in [0.15, 0.2) is 10.3 Å². The second-order valence-corrected chi connectivity index (χ2v) is 11.1. The van der Waals surface area contributed by atoms with Crippen LogP contribution in [0.15, 0.2) is 72.8 Å². The fourth-order valence-corrected chi connectivity index (χ4v) is 5.14. The lowest BCUT2D eigenvalue weighted by Gasteiger charge is -2.06. The SMILES string of the molecule is Cc1sc(Nc2ccccn2)nc1-c1cnn(C(=O)NC(C)C)c1.Fc1cccc(Nc2nc(-c3cn[nH]c3)cs2)n1. The van der Waals surface area contributed by atoms with Crippen LogP contribution in [0.3, 0.4) is 0 Å². The number of rotatable bonds is 7. The van der Waals surface area contributed by atoms with E-state index >= 15 is 0 Å². The van der Waals surface area contributed by atoms with E-state index < -0.39 is 5.95 Å². The molecule has 0 saturated carbocycles. The number of nitrogens with one attached hydrogen (secondary N) is 4. The number of halogens is 1. The summed E-state index contributed by atoms with van der Waals surface area (Å²) in [5.74, 6) is 0.652. The molecule has 0 fully saturated rings. The van der Waals surface area contributed by atoms with Crippen LogP contribution in [0.5, 0.6) is 0 Å². The zero-order valence-corrected chi connectivity index (χ0v) is 24.4. The van der Waals surface area contributed by atoms with Gasteiger partial charge in [0.25, 0.3) is 0 Å². The van der Waals surface area contributed by atoms with Gasteiger partial charge >= 0.3 is 6.03 Å². The lowest BCUT2D eigenvalue weighted by molar-refractivity contribution is 0.237. The van der Waals surface area contributed by atoms with E-state index in [-0.39, 0.29) is 12.1 Å². The van der Waals surface area contributed by atoms with Gasteiger partial charge in [-0.05, 0) is 45.0 Å². The van der Waals surface area contributed by atoms with Crippen molar-refractivity contribution in [1.29, 1.82) is 0 Å². The second-order valence-electron chi connectivity index (χ2n) is 9.04. The molecule has 0 bridgehead atoms. The third kappa shape index (κ3) is 7.38. The van der Waals surface area contributed by atoms with E-state index in [0.717, 1.165) is 38.3 Å². The molecule has 6 heterocycles. The molecule has 1 amide bonds. The third-order valence-electron chi connectivity index (χ3n) is 5.42. The Morgan fingerprint density at radius 1 is 1.00 bits per heavy atom. The van der Waals surface area contributed by atoms with E-state index in [1.54, 1.807) is 43.1 Å². The molecule has 0 saturated heterocycles. The van der Waals surface area contributed by atoms with E-state index in [0.29, 0.717) is 10.9 Å². The van der Waals surface area contributed by atoms with Gasteiger partial charge in [0.2, 0.25) is 5.95 Å². The predicted molar refractivity (Wildman–Crippen MR) is 162 cm³/mol. The molecule has 0 unspecified atom stereocenters. The van der Waals surface area contributed by atoms with Gasteiger partial charge in [-0.2, -0.15) is 19.3 Å². The molecule has 42 heavy (non-hydrogen) atoms. The Labute approximate surface area is 248 Å². The van der Waals surface area contributed by atoms with Crippen LogP contribution in [0.1, 0.15) is 18.7 Å². The van der Waals surface area contributed by atoms with Gasteiger partial charge in [0.1, 0.15) is 11.6 Å². The van der Waals surface area contributed by atoms with E-state index in [1.807, 2.05) is 44.4 Å². The van der Waals surface area contributed by atoms with Gasteiger partial charge in [0.05, 0.1) is 23.8 Å². The minimum atomic E-state index is -0.522. The van der Waals surface area contributed by atoms with Gasteiger partial charge in [-0.1, -0.05) is 12.1 Å². The maximum absolute atomic E-state index is 12.9. The summed E-state index contributed by atoms with van der Waals surface area (Å²) in [5.41, 5.74) is 3.33. The van der Waals surface area contributed by atoms with Gasteiger partial charge in [-0.25, -0.2) is 24.7 Å². The van der Waals surface area contributed by atoms with E-state index in [4.69, 9.17) is 0 Å². The molecule has 0 aliphatic rings. The highest BCUT2D eigenvalue weighted by Gasteiger charge is 2.15. The average Bonchev–Trinajstić information content (AvgIpc) is 3.77. The number of H-pyrrole nitrogens is 1.